The normalized spacial score (nSPS) is 15.5. The third-order valence-electron chi connectivity index (χ3n) is 4.46. The predicted octanol–water partition coefficient (Wildman–Crippen LogP) is 6.22. The molecule has 3 aromatic rings. The summed E-state index contributed by atoms with van der Waals surface area (Å²) in [5.74, 6) is -0.169. The van der Waals surface area contributed by atoms with Crippen LogP contribution in [0.1, 0.15) is 15.9 Å². The third-order valence-corrected chi connectivity index (χ3v) is 6.21. The maximum absolute atomic E-state index is 12.5. The quantitative estimate of drug-likeness (QED) is 0.235. The molecule has 1 aliphatic heterocycles. The van der Waals surface area contributed by atoms with Crippen molar-refractivity contribution >= 4 is 68.1 Å². The molecular formula is C24H16BrClN2O4S. The van der Waals surface area contributed by atoms with E-state index in [-0.39, 0.29) is 11.7 Å². The van der Waals surface area contributed by atoms with Gasteiger partial charge in [-0.1, -0.05) is 29.8 Å². The van der Waals surface area contributed by atoms with Gasteiger partial charge >= 0.3 is 5.97 Å². The van der Waals surface area contributed by atoms with Gasteiger partial charge in [-0.25, -0.2) is 9.79 Å². The molecule has 6 nitrogen and oxygen atoms in total. The van der Waals surface area contributed by atoms with E-state index < -0.39 is 5.97 Å². The molecule has 0 unspecified atom stereocenters. The van der Waals surface area contributed by atoms with Gasteiger partial charge in [0.25, 0.3) is 5.91 Å². The van der Waals surface area contributed by atoms with Crippen LogP contribution >= 0.6 is 39.3 Å². The largest absolute Gasteiger partial charge is 0.493 e. The molecule has 1 heterocycles. The zero-order valence-corrected chi connectivity index (χ0v) is 20.3. The highest BCUT2D eigenvalue weighted by Gasteiger charge is 2.24. The molecule has 0 aromatic heterocycles. The Labute approximate surface area is 207 Å². The van der Waals surface area contributed by atoms with Crippen LogP contribution in [0.5, 0.6) is 11.5 Å². The number of rotatable bonds is 5. The first-order valence-electron chi connectivity index (χ1n) is 9.63. The monoisotopic (exact) mass is 542 g/mol. The smallest absolute Gasteiger partial charge is 0.343 e. The number of ether oxygens (including phenoxy) is 2. The number of amidine groups is 1. The van der Waals surface area contributed by atoms with Crippen LogP contribution in [0, 0.1) is 0 Å². The van der Waals surface area contributed by atoms with Crippen molar-refractivity contribution in [2.75, 3.05) is 7.11 Å². The van der Waals surface area contributed by atoms with Gasteiger partial charge in [0.2, 0.25) is 0 Å². The first-order chi connectivity index (χ1) is 15.9. The number of methoxy groups -OCH3 is 1. The van der Waals surface area contributed by atoms with Gasteiger partial charge in [0.1, 0.15) is 0 Å². The number of carbonyl (C=O) groups is 2. The number of carbonyl (C=O) groups excluding carboxylic acids is 2. The van der Waals surface area contributed by atoms with E-state index in [1.54, 1.807) is 66.7 Å². The van der Waals surface area contributed by atoms with E-state index in [4.69, 9.17) is 21.1 Å². The van der Waals surface area contributed by atoms with Crippen molar-refractivity contribution in [2.24, 2.45) is 4.99 Å². The Kier molecular flexibility index (Phi) is 7.17. The molecular weight excluding hydrogens is 528 g/mol. The van der Waals surface area contributed by atoms with Crippen LogP contribution < -0.4 is 14.8 Å². The fourth-order valence-electron chi connectivity index (χ4n) is 2.91. The van der Waals surface area contributed by atoms with E-state index in [1.807, 2.05) is 6.07 Å². The van der Waals surface area contributed by atoms with E-state index in [0.29, 0.717) is 42.1 Å². The van der Waals surface area contributed by atoms with Crippen LogP contribution in [0.15, 0.2) is 81.1 Å². The Bertz CT molecular complexity index is 1280. The zero-order chi connectivity index (χ0) is 23.4. The molecule has 1 N–H and O–H groups in total. The molecule has 3 aromatic carbocycles. The summed E-state index contributed by atoms with van der Waals surface area (Å²) >= 11 is 10.6. The number of nitrogens with one attached hydrogen (secondary N) is 1. The van der Waals surface area contributed by atoms with Gasteiger partial charge in [0, 0.05) is 5.02 Å². The number of thioether (sulfide) groups is 1. The molecule has 33 heavy (non-hydrogen) atoms. The van der Waals surface area contributed by atoms with Crippen molar-refractivity contribution in [1.82, 2.24) is 5.32 Å². The molecule has 1 aliphatic rings. The average Bonchev–Trinajstić information content (AvgIpc) is 3.15. The summed E-state index contributed by atoms with van der Waals surface area (Å²) in [5.41, 5.74) is 1.78. The SMILES string of the molecule is COc1cc(/C=C2\SC(=Nc3ccc(Cl)cc3)NC2=O)cc(Br)c1OC(=O)c1ccccc1. The third kappa shape index (κ3) is 5.65. The van der Waals surface area contributed by atoms with Crippen molar-refractivity contribution in [1.29, 1.82) is 0 Å². The minimum absolute atomic E-state index is 0.252. The molecule has 1 amide bonds. The van der Waals surface area contributed by atoms with Crippen LogP contribution in [0.4, 0.5) is 5.69 Å². The highest BCUT2D eigenvalue weighted by molar-refractivity contribution is 9.10. The van der Waals surface area contributed by atoms with E-state index >= 15 is 0 Å². The van der Waals surface area contributed by atoms with Crippen LogP contribution in [-0.2, 0) is 4.79 Å². The Morgan fingerprint density at radius 1 is 1.12 bits per heavy atom. The van der Waals surface area contributed by atoms with Crippen LogP contribution in [0.25, 0.3) is 6.08 Å². The van der Waals surface area contributed by atoms with Crippen LogP contribution in [0.2, 0.25) is 5.02 Å². The number of esters is 1. The lowest BCUT2D eigenvalue weighted by Crippen LogP contribution is -2.19. The van der Waals surface area contributed by atoms with Gasteiger partial charge in [-0.15, -0.1) is 0 Å². The highest BCUT2D eigenvalue weighted by atomic mass is 79.9. The molecule has 0 atom stereocenters. The second-order valence-electron chi connectivity index (χ2n) is 6.75. The molecule has 4 rings (SSSR count). The first kappa shape index (κ1) is 23.1. The number of hydrogen-bond acceptors (Lipinski definition) is 6. The zero-order valence-electron chi connectivity index (χ0n) is 17.2. The fourth-order valence-corrected chi connectivity index (χ4v) is 4.42. The number of benzene rings is 3. The molecule has 0 saturated carbocycles. The number of aliphatic imine (C=N–C) groups is 1. The van der Waals surface area contributed by atoms with Gasteiger partial charge in [-0.2, -0.15) is 0 Å². The van der Waals surface area contributed by atoms with Crippen LogP contribution in [-0.4, -0.2) is 24.2 Å². The summed E-state index contributed by atoms with van der Waals surface area (Å²) < 4.78 is 11.5. The van der Waals surface area contributed by atoms with Crippen molar-refractivity contribution in [2.45, 2.75) is 0 Å². The summed E-state index contributed by atoms with van der Waals surface area (Å²) in [6.45, 7) is 0. The maximum atomic E-state index is 12.5. The minimum Gasteiger partial charge on any atom is -0.493 e. The lowest BCUT2D eigenvalue weighted by Gasteiger charge is -2.12. The molecule has 0 aliphatic carbocycles. The average molecular weight is 544 g/mol. The lowest BCUT2D eigenvalue weighted by atomic mass is 10.1. The predicted molar refractivity (Wildman–Crippen MR) is 134 cm³/mol. The van der Waals surface area contributed by atoms with Crippen LogP contribution in [0.3, 0.4) is 0 Å². The van der Waals surface area contributed by atoms with E-state index in [9.17, 15) is 9.59 Å². The molecule has 1 fully saturated rings. The van der Waals surface area contributed by atoms with Crippen molar-refractivity contribution in [3.05, 3.63) is 92.3 Å². The van der Waals surface area contributed by atoms with Gasteiger partial charge in [-0.05, 0) is 87.9 Å². The highest BCUT2D eigenvalue weighted by Crippen LogP contribution is 2.39. The molecule has 166 valence electrons. The van der Waals surface area contributed by atoms with Gasteiger partial charge in [0.05, 0.1) is 27.7 Å². The van der Waals surface area contributed by atoms with Gasteiger partial charge in [-0.3, -0.25) is 4.79 Å². The lowest BCUT2D eigenvalue weighted by molar-refractivity contribution is -0.115. The van der Waals surface area contributed by atoms with Gasteiger partial charge in [0.15, 0.2) is 16.7 Å². The Balaban J connectivity index is 1.57. The topological polar surface area (TPSA) is 77.0 Å². The molecule has 9 heteroatoms. The number of amides is 1. The summed E-state index contributed by atoms with van der Waals surface area (Å²) in [7, 11) is 1.48. The minimum atomic E-state index is -0.505. The Morgan fingerprint density at radius 3 is 2.55 bits per heavy atom. The van der Waals surface area contributed by atoms with E-state index in [1.165, 1.54) is 18.9 Å². The van der Waals surface area contributed by atoms with E-state index in [2.05, 4.69) is 26.2 Å². The number of nitrogens with zero attached hydrogens (tertiary/aromatic N) is 1. The molecule has 0 radical (unpaired) electrons. The van der Waals surface area contributed by atoms with Crippen molar-refractivity contribution in [3.8, 4) is 11.5 Å². The fraction of sp³-hybridized carbons (Fsp3) is 0.0417. The van der Waals surface area contributed by atoms with Gasteiger partial charge < -0.3 is 14.8 Å². The molecule has 0 spiro atoms. The summed E-state index contributed by atoms with van der Waals surface area (Å²) in [5, 5.41) is 3.82. The maximum Gasteiger partial charge on any atom is 0.343 e. The van der Waals surface area contributed by atoms with Crippen molar-refractivity contribution in [3.63, 3.8) is 0 Å². The summed E-state index contributed by atoms with van der Waals surface area (Å²) in [6.07, 6.45) is 1.71. The van der Waals surface area contributed by atoms with E-state index in [0.717, 1.165) is 0 Å². The summed E-state index contributed by atoms with van der Waals surface area (Å²) in [6, 6.07) is 19.1. The number of hydrogen-bond donors (Lipinski definition) is 1. The molecule has 0 bridgehead atoms. The molecule has 1 saturated heterocycles. The first-order valence-corrected chi connectivity index (χ1v) is 11.6. The standard InChI is InChI=1S/C24H16BrClN2O4S/c1-31-19-12-14(11-18(25)21(19)32-23(30)15-5-3-2-4-6-15)13-20-22(29)28-24(33-20)27-17-9-7-16(26)8-10-17/h2-13H,1H3,(H,27,28,29)/b20-13-. The Morgan fingerprint density at radius 2 is 1.85 bits per heavy atom. The summed E-state index contributed by atoms with van der Waals surface area (Å²) in [4.78, 5) is 29.8. The second-order valence-corrected chi connectivity index (χ2v) is 9.07. The van der Waals surface area contributed by atoms with Crippen molar-refractivity contribution < 1.29 is 19.1 Å². The number of halogens is 2. The Hall–Kier alpha value is -3.07. The second kappa shape index (κ2) is 10.2.